The number of halogens is 1. The van der Waals surface area contributed by atoms with Crippen LogP contribution in [0.2, 0.25) is 0 Å². The maximum atomic E-state index is 13.3. The number of aromatic hydroxyl groups is 1. The minimum atomic E-state index is -0.882. The Morgan fingerprint density at radius 1 is 1.03 bits per heavy atom. The number of amides is 1. The number of fused-ring (bicyclic) bond motifs is 1. The molecule has 1 fully saturated rings. The van der Waals surface area contributed by atoms with Crippen molar-refractivity contribution >= 4 is 44.3 Å². The minimum Gasteiger partial charge on any atom is -0.507 e. The number of Topliss-reactive ketones (excluding diaryl/α,β-unsaturated/α-hetero) is 1. The second-order valence-electron chi connectivity index (χ2n) is 8.91. The van der Waals surface area contributed by atoms with Crippen LogP contribution in [0.15, 0.2) is 76.9 Å². The van der Waals surface area contributed by atoms with Crippen molar-refractivity contribution in [2.24, 2.45) is 0 Å². The highest BCUT2D eigenvalue weighted by Gasteiger charge is 2.46. The minimum absolute atomic E-state index is 0.0225. The molecule has 0 radical (unpaired) electrons. The number of aromatic nitrogens is 1. The number of benzene rings is 3. The molecule has 1 aromatic heterocycles. The van der Waals surface area contributed by atoms with Gasteiger partial charge in [-0.3, -0.25) is 9.59 Å². The molecular formula is C29H25BrN2O6. The highest BCUT2D eigenvalue weighted by atomic mass is 79.9. The van der Waals surface area contributed by atoms with Gasteiger partial charge in [0, 0.05) is 33.7 Å². The smallest absolute Gasteiger partial charge is 0.295 e. The van der Waals surface area contributed by atoms with Gasteiger partial charge in [-0.05, 0) is 60.0 Å². The zero-order chi connectivity index (χ0) is 27.0. The van der Waals surface area contributed by atoms with Gasteiger partial charge in [0.05, 0.1) is 25.8 Å². The molecule has 3 N–H and O–H groups in total. The van der Waals surface area contributed by atoms with E-state index in [4.69, 9.17) is 9.47 Å². The van der Waals surface area contributed by atoms with E-state index in [9.17, 15) is 19.8 Å². The summed E-state index contributed by atoms with van der Waals surface area (Å²) in [6.45, 7) is 0.208. The zero-order valence-electron chi connectivity index (χ0n) is 20.7. The van der Waals surface area contributed by atoms with E-state index in [0.717, 1.165) is 20.9 Å². The Bertz CT molecular complexity index is 1570. The van der Waals surface area contributed by atoms with E-state index in [0.29, 0.717) is 23.3 Å². The van der Waals surface area contributed by atoms with Crippen LogP contribution in [0.3, 0.4) is 0 Å². The van der Waals surface area contributed by atoms with E-state index in [1.165, 1.54) is 18.1 Å². The van der Waals surface area contributed by atoms with Crippen molar-refractivity contribution in [3.8, 4) is 17.2 Å². The predicted octanol–water partition coefficient (Wildman–Crippen LogP) is 5.32. The number of methoxy groups -OCH3 is 2. The van der Waals surface area contributed by atoms with Gasteiger partial charge in [0.1, 0.15) is 11.5 Å². The lowest BCUT2D eigenvalue weighted by atomic mass is 9.95. The van der Waals surface area contributed by atoms with Crippen molar-refractivity contribution in [1.29, 1.82) is 0 Å². The number of rotatable bonds is 7. The Morgan fingerprint density at radius 3 is 2.50 bits per heavy atom. The second kappa shape index (κ2) is 10.3. The molecule has 1 amide bonds. The molecule has 1 saturated heterocycles. The number of phenolic OH excluding ortho intramolecular Hbond substituents is 1. The predicted molar refractivity (Wildman–Crippen MR) is 146 cm³/mol. The summed E-state index contributed by atoms with van der Waals surface area (Å²) in [5.74, 6) is -0.924. The Morgan fingerprint density at radius 2 is 1.79 bits per heavy atom. The van der Waals surface area contributed by atoms with Crippen LogP contribution >= 0.6 is 15.9 Å². The number of carbonyl (C=O) groups excluding carboxylic acids is 2. The lowest BCUT2D eigenvalue weighted by molar-refractivity contribution is -0.139. The molecule has 0 unspecified atom stereocenters. The number of likely N-dealkylation sites (tertiary alicyclic amines) is 1. The first-order valence-corrected chi connectivity index (χ1v) is 12.7. The van der Waals surface area contributed by atoms with Crippen molar-refractivity contribution in [2.75, 3.05) is 20.8 Å². The number of ether oxygens (including phenoxy) is 2. The van der Waals surface area contributed by atoms with Gasteiger partial charge in [-0.15, -0.1) is 0 Å². The summed E-state index contributed by atoms with van der Waals surface area (Å²) in [4.78, 5) is 31.4. The molecule has 1 atom stereocenters. The largest absolute Gasteiger partial charge is 0.507 e. The van der Waals surface area contributed by atoms with Crippen molar-refractivity contribution < 1.29 is 29.3 Å². The average Bonchev–Trinajstić information content (AvgIpc) is 3.45. The van der Waals surface area contributed by atoms with Crippen LogP contribution in [0.25, 0.3) is 16.7 Å². The van der Waals surface area contributed by atoms with Crippen LogP contribution in [0, 0.1) is 0 Å². The van der Waals surface area contributed by atoms with E-state index >= 15 is 0 Å². The van der Waals surface area contributed by atoms with Crippen molar-refractivity contribution in [2.45, 2.75) is 12.5 Å². The molecule has 2 heterocycles. The number of aromatic amines is 1. The number of hydrogen-bond acceptors (Lipinski definition) is 6. The summed E-state index contributed by atoms with van der Waals surface area (Å²) in [6.07, 6.45) is 2.32. The van der Waals surface area contributed by atoms with Gasteiger partial charge in [0.25, 0.3) is 11.7 Å². The van der Waals surface area contributed by atoms with Crippen LogP contribution in [0.5, 0.6) is 17.2 Å². The lowest BCUT2D eigenvalue weighted by Gasteiger charge is -2.25. The molecule has 38 heavy (non-hydrogen) atoms. The van der Waals surface area contributed by atoms with Gasteiger partial charge >= 0.3 is 0 Å². The fraction of sp³-hybridized carbons (Fsp3) is 0.172. The summed E-state index contributed by atoms with van der Waals surface area (Å²) in [6, 6.07) is 16.3. The SMILES string of the molecule is COc1ccc2[nH]cc(CCN3C(=O)C(=O)C(=C(O)c4ccc(Br)cc4)[C@@H]3c3ccc(O)c(OC)c3)c2c1. The molecule has 5 rings (SSSR count). The van der Waals surface area contributed by atoms with Gasteiger partial charge in [0.2, 0.25) is 0 Å². The molecule has 1 aliphatic rings. The first-order chi connectivity index (χ1) is 18.3. The van der Waals surface area contributed by atoms with Gasteiger partial charge < -0.3 is 29.6 Å². The number of aliphatic hydroxyl groups is 1. The number of nitrogens with zero attached hydrogens (tertiary/aromatic N) is 1. The summed E-state index contributed by atoms with van der Waals surface area (Å²) in [5.41, 5.74) is 2.79. The van der Waals surface area contributed by atoms with E-state index in [2.05, 4.69) is 20.9 Å². The molecule has 194 valence electrons. The lowest BCUT2D eigenvalue weighted by Crippen LogP contribution is -2.31. The van der Waals surface area contributed by atoms with Crippen LogP contribution < -0.4 is 9.47 Å². The van der Waals surface area contributed by atoms with E-state index in [1.54, 1.807) is 43.5 Å². The number of hydrogen-bond donors (Lipinski definition) is 3. The van der Waals surface area contributed by atoms with Crippen LogP contribution in [0.4, 0.5) is 0 Å². The Kier molecular flexibility index (Phi) is 6.86. The second-order valence-corrected chi connectivity index (χ2v) is 9.82. The van der Waals surface area contributed by atoms with Gasteiger partial charge in [-0.2, -0.15) is 0 Å². The molecule has 9 heteroatoms. The third kappa shape index (κ3) is 4.50. The molecule has 0 bridgehead atoms. The van der Waals surface area contributed by atoms with E-state index < -0.39 is 17.7 Å². The van der Waals surface area contributed by atoms with Crippen molar-refractivity contribution in [3.63, 3.8) is 0 Å². The highest BCUT2D eigenvalue weighted by Crippen LogP contribution is 2.42. The number of H-pyrrole nitrogens is 1. The first kappa shape index (κ1) is 25.4. The maximum absolute atomic E-state index is 13.3. The molecule has 8 nitrogen and oxygen atoms in total. The molecule has 4 aromatic rings. The summed E-state index contributed by atoms with van der Waals surface area (Å²) in [7, 11) is 3.02. The number of phenols is 1. The van der Waals surface area contributed by atoms with Crippen LogP contribution in [0.1, 0.15) is 22.7 Å². The third-order valence-electron chi connectivity index (χ3n) is 6.77. The Hall–Kier alpha value is -4.24. The number of ketones is 1. The molecular weight excluding hydrogens is 552 g/mol. The van der Waals surface area contributed by atoms with Crippen LogP contribution in [-0.2, 0) is 16.0 Å². The van der Waals surface area contributed by atoms with Crippen molar-refractivity contribution in [3.05, 3.63) is 93.6 Å². The van der Waals surface area contributed by atoms with Gasteiger partial charge in [-0.25, -0.2) is 0 Å². The molecule has 0 spiro atoms. The molecule has 1 aliphatic heterocycles. The Labute approximate surface area is 227 Å². The normalized spacial score (nSPS) is 16.8. The Balaban J connectivity index is 1.58. The topological polar surface area (TPSA) is 112 Å². The van der Waals surface area contributed by atoms with Crippen molar-refractivity contribution in [1.82, 2.24) is 9.88 Å². The summed E-state index contributed by atoms with van der Waals surface area (Å²) < 4.78 is 11.4. The number of nitrogens with one attached hydrogen (secondary N) is 1. The van der Waals surface area contributed by atoms with E-state index in [-0.39, 0.29) is 29.4 Å². The maximum Gasteiger partial charge on any atom is 0.295 e. The monoisotopic (exact) mass is 576 g/mol. The number of aliphatic hydroxyl groups excluding tert-OH is 1. The molecule has 3 aromatic carbocycles. The summed E-state index contributed by atoms with van der Waals surface area (Å²) >= 11 is 3.37. The average molecular weight is 577 g/mol. The fourth-order valence-corrected chi connectivity index (χ4v) is 5.08. The standard InChI is InChI=1S/C29H25BrN2O6/c1-37-20-8-9-22-21(14-20)18(15-31-22)11-12-32-26(17-5-10-23(33)24(13-17)38-2)25(28(35)29(32)36)27(34)16-3-6-19(30)7-4-16/h3-10,13-15,26,31,33-34H,11-12H2,1-2H3/t26-/m0/s1. The summed E-state index contributed by atoms with van der Waals surface area (Å²) in [5, 5.41) is 22.3. The van der Waals surface area contributed by atoms with Gasteiger partial charge in [0.15, 0.2) is 11.5 Å². The number of carbonyl (C=O) groups is 2. The molecule has 0 aliphatic carbocycles. The van der Waals surface area contributed by atoms with Crippen LogP contribution in [-0.4, -0.2) is 52.6 Å². The highest BCUT2D eigenvalue weighted by molar-refractivity contribution is 9.10. The third-order valence-corrected chi connectivity index (χ3v) is 7.30. The quantitative estimate of drug-likeness (QED) is 0.156. The first-order valence-electron chi connectivity index (χ1n) is 11.9. The van der Waals surface area contributed by atoms with Gasteiger partial charge in [-0.1, -0.05) is 34.1 Å². The molecule has 0 saturated carbocycles. The zero-order valence-corrected chi connectivity index (χ0v) is 22.3. The van der Waals surface area contributed by atoms with E-state index in [1.807, 2.05) is 24.4 Å². The fourth-order valence-electron chi connectivity index (χ4n) is 4.82.